The minimum absolute atomic E-state index is 0.0233. The van der Waals surface area contributed by atoms with Gasteiger partial charge in [0.2, 0.25) is 5.91 Å². The number of nitrogens with one attached hydrogen (secondary N) is 1. The van der Waals surface area contributed by atoms with Gasteiger partial charge in [0.25, 0.3) is 5.91 Å². The van der Waals surface area contributed by atoms with Crippen molar-refractivity contribution < 1.29 is 14.3 Å². The standard InChI is InChI=1S/C25H30N4O3S2/c1-32-16-4-11-26-23(30)17-28-12-14-29(15-13-28)24(31)20-9-7-19(8-10-20)18-33-25-27-21-5-2-3-6-22(21)34-25/h2-3,5-10H,4,11-18H2,1H3,(H,26,30). The second-order valence-corrected chi connectivity index (χ2v) is 10.5. The summed E-state index contributed by atoms with van der Waals surface area (Å²) in [4.78, 5) is 33.6. The van der Waals surface area contributed by atoms with Crippen LogP contribution in [0, 0.1) is 0 Å². The van der Waals surface area contributed by atoms with E-state index in [4.69, 9.17) is 4.74 Å². The highest BCUT2D eigenvalue weighted by molar-refractivity contribution is 8.00. The van der Waals surface area contributed by atoms with Gasteiger partial charge >= 0.3 is 0 Å². The van der Waals surface area contributed by atoms with Gasteiger partial charge in [0.1, 0.15) is 0 Å². The van der Waals surface area contributed by atoms with Crippen LogP contribution in [0.3, 0.4) is 0 Å². The fraction of sp³-hybridized carbons (Fsp3) is 0.400. The van der Waals surface area contributed by atoms with Crippen molar-refractivity contribution in [2.24, 2.45) is 0 Å². The molecule has 0 unspecified atom stereocenters. The molecule has 0 aliphatic carbocycles. The molecule has 0 atom stereocenters. The highest BCUT2D eigenvalue weighted by Crippen LogP contribution is 2.31. The zero-order chi connectivity index (χ0) is 23.8. The van der Waals surface area contributed by atoms with Crippen molar-refractivity contribution in [3.8, 4) is 0 Å². The fourth-order valence-electron chi connectivity index (χ4n) is 3.80. The number of thioether (sulfide) groups is 1. The Labute approximate surface area is 208 Å². The van der Waals surface area contributed by atoms with Gasteiger partial charge in [-0.05, 0) is 36.2 Å². The number of fused-ring (bicyclic) bond motifs is 1. The van der Waals surface area contributed by atoms with Crippen molar-refractivity contribution in [1.82, 2.24) is 20.1 Å². The van der Waals surface area contributed by atoms with Gasteiger partial charge in [0, 0.05) is 57.8 Å². The first-order valence-electron chi connectivity index (χ1n) is 11.5. The van der Waals surface area contributed by atoms with Crippen molar-refractivity contribution in [1.29, 1.82) is 0 Å². The Morgan fingerprint density at radius 2 is 1.85 bits per heavy atom. The predicted molar refractivity (Wildman–Crippen MR) is 137 cm³/mol. The highest BCUT2D eigenvalue weighted by atomic mass is 32.2. The summed E-state index contributed by atoms with van der Waals surface area (Å²) in [5, 5.41) is 2.91. The van der Waals surface area contributed by atoms with Gasteiger partial charge in [-0.25, -0.2) is 4.98 Å². The number of ether oxygens (including phenoxy) is 1. The van der Waals surface area contributed by atoms with Crippen LogP contribution in [0.5, 0.6) is 0 Å². The predicted octanol–water partition coefficient (Wildman–Crippen LogP) is 3.50. The van der Waals surface area contributed by atoms with E-state index in [0.29, 0.717) is 51.4 Å². The van der Waals surface area contributed by atoms with Crippen molar-refractivity contribution in [2.45, 2.75) is 16.5 Å². The van der Waals surface area contributed by atoms with Crippen molar-refractivity contribution in [3.63, 3.8) is 0 Å². The largest absolute Gasteiger partial charge is 0.385 e. The average molecular weight is 499 g/mol. The minimum Gasteiger partial charge on any atom is -0.385 e. The number of amides is 2. The summed E-state index contributed by atoms with van der Waals surface area (Å²) in [5.74, 6) is 0.893. The monoisotopic (exact) mass is 498 g/mol. The lowest BCUT2D eigenvalue weighted by Crippen LogP contribution is -2.51. The number of rotatable bonds is 10. The van der Waals surface area contributed by atoms with E-state index < -0.39 is 0 Å². The first kappa shape index (κ1) is 24.7. The Morgan fingerprint density at radius 3 is 2.59 bits per heavy atom. The number of para-hydroxylation sites is 1. The van der Waals surface area contributed by atoms with Gasteiger partial charge in [0.15, 0.2) is 4.34 Å². The number of carbonyl (C=O) groups excluding carboxylic acids is 2. The van der Waals surface area contributed by atoms with E-state index in [9.17, 15) is 9.59 Å². The summed E-state index contributed by atoms with van der Waals surface area (Å²) in [6, 6.07) is 16.1. The van der Waals surface area contributed by atoms with E-state index >= 15 is 0 Å². The van der Waals surface area contributed by atoms with Crippen molar-refractivity contribution in [3.05, 3.63) is 59.7 Å². The van der Waals surface area contributed by atoms with Crippen molar-refractivity contribution >= 4 is 45.1 Å². The number of carbonyl (C=O) groups is 2. The molecule has 0 spiro atoms. The number of piperazine rings is 1. The van der Waals surface area contributed by atoms with E-state index in [-0.39, 0.29) is 11.8 Å². The zero-order valence-corrected chi connectivity index (χ0v) is 21.0. The molecule has 1 fully saturated rings. The Hall–Kier alpha value is -2.46. The quantitative estimate of drug-likeness (QED) is 0.341. The highest BCUT2D eigenvalue weighted by Gasteiger charge is 2.23. The molecule has 7 nitrogen and oxygen atoms in total. The summed E-state index contributed by atoms with van der Waals surface area (Å²) < 4.78 is 7.25. The van der Waals surface area contributed by atoms with E-state index in [1.54, 1.807) is 30.2 Å². The van der Waals surface area contributed by atoms with Gasteiger partial charge in [0.05, 0.1) is 16.8 Å². The van der Waals surface area contributed by atoms with E-state index in [0.717, 1.165) is 22.0 Å². The van der Waals surface area contributed by atoms with Crippen LogP contribution in [0.1, 0.15) is 22.3 Å². The third-order valence-corrected chi connectivity index (χ3v) is 7.96. The number of hydrogen-bond acceptors (Lipinski definition) is 7. The molecule has 3 aromatic rings. The van der Waals surface area contributed by atoms with Gasteiger partial charge in [-0.3, -0.25) is 14.5 Å². The first-order chi connectivity index (χ1) is 16.6. The lowest BCUT2D eigenvalue weighted by molar-refractivity contribution is -0.122. The van der Waals surface area contributed by atoms with Crippen LogP contribution in [0.4, 0.5) is 0 Å². The summed E-state index contributed by atoms with van der Waals surface area (Å²) >= 11 is 3.43. The molecule has 1 aromatic heterocycles. The molecule has 2 aromatic carbocycles. The summed E-state index contributed by atoms with van der Waals surface area (Å²) in [6.07, 6.45) is 0.809. The van der Waals surface area contributed by atoms with Crippen LogP contribution >= 0.6 is 23.1 Å². The molecule has 1 N–H and O–H groups in total. The average Bonchev–Trinajstić information content (AvgIpc) is 3.29. The Kier molecular flexibility index (Phi) is 8.92. The van der Waals surface area contributed by atoms with Crippen LogP contribution in [0.2, 0.25) is 0 Å². The number of thiazole rings is 1. The topological polar surface area (TPSA) is 74.8 Å². The number of nitrogens with zero attached hydrogens (tertiary/aromatic N) is 3. The van der Waals surface area contributed by atoms with Crippen LogP contribution in [-0.2, 0) is 15.3 Å². The fourth-order valence-corrected chi connectivity index (χ4v) is 5.82. The molecule has 0 saturated carbocycles. The molecule has 0 bridgehead atoms. The van der Waals surface area contributed by atoms with Crippen LogP contribution in [-0.4, -0.2) is 79.6 Å². The van der Waals surface area contributed by atoms with Crippen LogP contribution in [0.15, 0.2) is 52.9 Å². The molecule has 9 heteroatoms. The second kappa shape index (κ2) is 12.3. The molecule has 1 aliphatic heterocycles. The molecule has 2 heterocycles. The van der Waals surface area contributed by atoms with Crippen molar-refractivity contribution in [2.75, 3.05) is 53.0 Å². The molecular formula is C25H30N4O3S2. The molecule has 4 rings (SSSR count). The number of aromatic nitrogens is 1. The lowest BCUT2D eigenvalue weighted by Gasteiger charge is -2.34. The lowest BCUT2D eigenvalue weighted by atomic mass is 10.1. The molecule has 0 radical (unpaired) electrons. The van der Waals surface area contributed by atoms with Gasteiger partial charge in [-0.1, -0.05) is 36.0 Å². The number of benzene rings is 2. The molecular weight excluding hydrogens is 468 g/mol. The summed E-state index contributed by atoms with van der Waals surface area (Å²) in [7, 11) is 1.65. The summed E-state index contributed by atoms with van der Waals surface area (Å²) in [5.41, 5.74) is 2.92. The minimum atomic E-state index is 0.0233. The third-order valence-electron chi connectivity index (χ3n) is 5.71. The third kappa shape index (κ3) is 6.79. The summed E-state index contributed by atoms with van der Waals surface area (Å²) in [6.45, 7) is 4.30. The Balaban J connectivity index is 1.21. The SMILES string of the molecule is COCCCNC(=O)CN1CCN(C(=O)c2ccc(CSc3nc4ccccc4s3)cc2)CC1. The molecule has 34 heavy (non-hydrogen) atoms. The van der Waals surface area contributed by atoms with Gasteiger partial charge < -0.3 is 15.0 Å². The maximum Gasteiger partial charge on any atom is 0.253 e. The van der Waals surface area contributed by atoms with E-state index in [2.05, 4.69) is 21.3 Å². The van der Waals surface area contributed by atoms with Gasteiger partial charge in [-0.2, -0.15) is 0 Å². The molecule has 180 valence electrons. The second-order valence-electron chi connectivity index (χ2n) is 8.20. The zero-order valence-electron chi connectivity index (χ0n) is 19.4. The molecule has 1 saturated heterocycles. The van der Waals surface area contributed by atoms with Gasteiger partial charge in [-0.15, -0.1) is 11.3 Å². The Bertz CT molecular complexity index is 1060. The normalized spacial score (nSPS) is 14.4. The maximum atomic E-state index is 12.9. The van der Waals surface area contributed by atoms with Crippen LogP contribution < -0.4 is 5.32 Å². The Morgan fingerprint density at radius 1 is 1.09 bits per heavy atom. The number of hydrogen-bond donors (Lipinski definition) is 1. The number of methoxy groups -OCH3 is 1. The van der Waals surface area contributed by atoms with E-state index in [1.807, 2.05) is 47.4 Å². The first-order valence-corrected chi connectivity index (χ1v) is 13.3. The smallest absolute Gasteiger partial charge is 0.253 e. The van der Waals surface area contributed by atoms with E-state index in [1.165, 1.54) is 10.3 Å². The molecule has 2 amide bonds. The maximum absolute atomic E-state index is 12.9. The molecule has 1 aliphatic rings. The van der Waals surface area contributed by atoms with Crippen LogP contribution in [0.25, 0.3) is 10.2 Å².